The van der Waals surface area contributed by atoms with Crippen LogP contribution in [-0.2, 0) is 0 Å². The van der Waals surface area contributed by atoms with Crippen LogP contribution in [-0.4, -0.2) is 18.4 Å². The Bertz CT molecular complexity index is 349. The molecule has 2 rings (SSSR count). The molecule has 1 N–H and O–H groups in total. The third kappa shape index (κ3) is 1.82. The molecule has 1 aliphatic heterocycles. The number of nitrogens with one attached hydrogen (secondary N) is 1. The van der Waals surface area contributed by atoms with E-state index < -0.39 is 0 Å². The summed E-state index contributed by atoms with van der Waals surface area (Å²) in [5.41, 5.74) is 1.19. The van der Waals surface area contributed by atoms with Gasteiger partial charge in [-0.2, -0.15) is 0 Å². The maximum atomic E-state index is 5.18. The number of anilines is 1. The Balaban J connectivity index is 2.32. The molecule has 0 aliphatic carbocycles. The Kier molecular flexibility index (Phi) is 2.35. The van der Waals surface area contributed by atoms with Crippen molar-refractivity contribution in [3.8, 4) is 5.75 Å². The van der Waals surface area contributed by atoms with Gasteiger partial charge in [-0.25, -0.2) is 0 Å². The molecule has 0 aromatic heterocycles. The molecule has 0 atom stereocenters. The van der Waals surface area contributed by atoms with Gasteiger partial charge in [-0.05, 0) is 26.0 Å². The fourth-order valence-corrected chi connectivity index (χ4v) is 2.62. The van der Waals surface area contributed by atoms with E-state index in [1.807, 2.05) is 17.8 Å². The summed E-state index contributed by atoms with van der Waals surface area (Å²) >= 11 is 1.92. The zero-order valence-electron chi connectivity index (χ0n) is 8.76. The van der Waals surface area contributed by atoms with Crippen molar-refractivity contribution >= 4 is 17.4 Å². The van der Waals surface area contributed by atoms with Gasteiger partial charge in [0, 0.05) is 22.3 Å². The Morgan fingerprint density at radius 3 is 2.93 bits per heavy atom. The van der Waals surface area contributed by atoms with Crippen molar-refractivity contribution < 1.29 is 4.74 Å². The van der Waals surface area contributed by atoms with Crippen LogP contribution in [0, 0.1) is 0 Å². The Labute approximate surface area is 89.0 Å². The van der Waals surface area contributed by atoms with E-state index in [4.69, 9.17) is 4.74 Å². The molecule has 3 heteroatoms. The first-order valence-corrected chi connectivity index (χ1v) is 5.53. The monoisotopic (exact) mass is 209 g/mol. The molecule has 0 amide bonds. The second-order valence-electron chi connectivity index (χ2n) is 4.08. The van der Waals surface area contributed by atoms with Crippen molar-refractivity contribution in [1.29, 1.82) is 0 Å². The number of benzene rings is 1. The lowest BCUT2D eigenvalue weighted by Gasteiger charge is -2.31. The van der Waals surface area contributed by atoms with E-state index in [1.54, 1.807) is 7.11 Å². The topological polar surface area (TPSA) is 21.3 Å². The van der Waals surface area contributed by atoms with Crippen LogP contribution in [0.25, 0.3) is 0 Å². The van der Waals surface area contributed by atoms with Gasteiger partial charge in [-0.1, -0.05) is 0 Å². The molecule has 0 radical (unpaired) electrons. The third-order valence-electron chi connectivity index (χ3n) is 2.28. The summed E-state index contributed by atoms with van der Waals surface area (Å²) in [5, 5.41) is 3.43. The van der Waals surface area contributed by atoms with Gasteiger partial charge < -0.3 is 10.1 Å². The smallest absolute Gasteiger partial charge is 0.121 e. The zero-order valence-corrected chi connectivity index (χ0v) is 9.57. The number of hydrogen-bond acceptors (Lipinski definition) is 3. The van der Waals surface area contributed by atoms with Crippen LogP contribution in [0.3, 0.4) is 0 Å². The molecule has 0 spiro atoms. The van der Waals surface area contributed by atoms with E-state index in [9.17, 15) is 0 Å². The average molecular weight is 209 g/mol. The summed E-state index contributed by atoms with van der Waals surface area (Å²) in [6.07, 6.45) is 0. The number of fused-ring (bicyclic) bond motifs is 1. The van der Waals surface area contributed by atoms with Gasteiger partial charge in [0.1, 0.15) is 5.75 Å². The number of methoxy groups -OCH3 is 1. The summed E-state index contributed by atoms with van der Waals surface area (Å²) in [6, 6.07) is 6.18. The fraction of sp³-hybridized carbons (Fsp3) is 0.455. The molecule has 0 unspecified atom stereocenters. The Hall–Kier alpha value is -0.830. The zero-order chi connectivity index (χ0) is 10.2. The van der Waals surface area contributed by atoms with Gasteiger partial charge in [0.05, 0.1) is 12.8 Å². The molecule has 1 aromatic carbocycles. The van der Waals surface area contributed by atoms with E-state index in [1.165, 1.54) is 10.6 Å². The van der Waals surface area contributed by atoms with Crippen molar-refractivity contribution in [2.75, 3.05) is 19.0 Å². The minimum absolute atomic E-state index is 0.279. The molecule has 0 saturated carbocycles. The van der Waals surface area contributed by atoms with Crippen LogP contribution in [0.2, 0.25) is 0 Å². The lowest BCUT2D eigenvalue weighted by Crippen LogP contribution is -2.29. The highest BCUT2D eigenvalue weighted by atomic mass is 32.2. The normalized spacial score (nSPS) is 18.2. The minimum Gasteiger partial charge on any atom is -0.497 e. The molecule has 0 saturated heterocycles. The van der Waals surface area contributed by atoms with Gasteiger partial charge in [-0.15, -0.1) is 11.8 Å². The van der Waals surface area contributed by atoms with Crippen LogP contribution in [0.15, 0.2) is 23.1 Å². The molecule has 2 nitrogen and oxygen atoms in total. The van der Waals surface area contributed by atoms with Crippen LogP contribution >= 0.6 is 11.8 Å². The Morgan fingerprint density at radius 1 is 1.43 bits per heavy atom. The first-order chi connectivity index (χ1) is 6.61. The summed E-state index contributed by atoms with van der Waals surface area (Å²) in [4.78, 5) is 1.31. The van der Waals surface area contributed by atoms with Gasteiger partial charge in [-0.3, -0.25) is 0 Å². The van der Waals surface area contributed by atoms with Crippen molar-refractivity contribution in [2.45, 2.75) is 23.5 Å². The molecular formula is C11H15NOS. The molecule has 1 aromatic rings. The Morgan fingerprint density at radius 2 is 2.21 bits per heavy atom. The van der Waals surface area contributed by atoms with E-state index in [2.05, 4.69) is 31.3 Å². The highest BCUT2D eigenvalue weighted by Gasteiger charge is 2.25. The van der Waals surface area contributed by atoms with Crippen molar-refractivity contribution in [1.82, 2.24) is 0 Å². The van der Waals surface area contributed by atoms with Crippen LogP contribution in [0.1, 0.15) is 13.8 Å². The van der Waals surface area contributed by atoms with Crippen LogP contribution in [0.5, 0.6) is 5.75 Å². The second-order valence-corrected chi connectivity index (χ2v) is 5.83. The van der Waals surface area contributed by atoms with Crippen LogP contribution < -0.4 is 10.1 Å². The molecular weight excluding hydrogens is 194 g/mol. The van der Waals surface area contributed by atoms with E-state index in [0.717, 1.165) is 12.3 Å². The summed E-state index contributed by atoms with van der Waals surface area (Å²) in [5.74, 6) is 0.913. The molecule has 14 heavy (non-hydrogen) atoms. The second kappa shape index (κ2) is 3.39. The van der Waals surface area contributed by atoms with Gasteiger partial charge in [0.2, 0.25) is 0 Å². The number of thioether (sulfide) groups is 1. The van der Waals surface area contributed by atoms with Crippen molar-refractivity contribution in [2.24, 2.45) is 0 Å². The largest absolute Gasteiger partial charge is 0.497 e. The quantitative estimate of drug-likeness (QED) is 0.768. The number of ether oxygens (including phenoxy) is 1. The standard InChI is InChI=1S/C11H15NOS/c1-11(2)7-12-9-6-8(13-3)4-5-10(9)14-11/h4-6,12H,7H2,1-3H3. The SMILES string of the molecule is COc1ccc2c(c1)NCC(C)(C)S2. The van der Waals surface area contributed by atoms with Gasteiger partial charge in [0.25, 0.3) is 0 Å². The predicted octanol–water partition coefficient (Wildman–Crippen LogP) is 2.99. The maximum absolute atomic E-state index is 5.18. The minimum atomic E-state index is 0.279. The summed E-state index contributed by atoms with van der Waals surface area (Å²) < 4.78 is 5.46. The summed E-state index contributed by atoms with van der Waals surface area (Å²) in [7, 11) is 1.70. The molecule has 0 bridgehead atoms. The van der Waals surface area contributed by atoms with Gasteiger partial charge in [0.15, 0.2) is 0 Å². The molecule has 0 fully saturated rings. The van der Waals surface area contributed by atoms with E-state index in [-0.39, 0.29) is 4.75 Å². The number of rotatable bonds is 1. The predicted molar refractivity (Wildman–Crippen MR) is 61.4 cm³/mol. The first-order valence-electron chi connectivity index (χ1n) is 4.72. The fourth-order valence-electron chi connectivity index (χ4n) is 1.51. The summed E-state index contributed by atoms with van der Waals surface area (Å²) in [6.45, 7) is 5.49. The molecule has 76 valence electrons. The third-order valence-corrected chi connectivity index (χ3v) is 3.55. The maximum Gasteiger partial charge on any atom is 0.121 e. The molecule has 1 aliphatic rings. The highest BCUT2D eigenvalue weighted by Crippen LogP contribution is 2.42. The average Bonchev–Trinajstić information content (AvgIpc) is 2.16. The lowest BCUT2D eigenvalue weighted by molar-refractivity contribution is 0.414. The van der Waals surface area contributed by atoms with Crippen molar-refractivity contribution in [3.63, 3.8) is 0 Å². The number of hydrogen-bond donors (Lipinski definition) is 1. The first kappa shape index (κ1) is 9.71. The van der Waals surface area contributed by atoms with Gasteiger partial charge >= 0.3 is 0 Å². The van der Waals surface area contributed by atoms with E-state index in [0.29, 0.717) is 0 Å². The van der Waals surface area contributed by atoms with Crippen molar-refractivity contribution in [3.05, 3.63) is 18.2 Å². The highest BCUT2D eigenvalue weighted by molar-refractivity contribution is 8.00. The van der Waals surface area contributed by atoms with Crippen LogP contribution in [0.4, 0.5) is 5.69 Å². The lowest BCUT2D eigenvalue weighted by atomic mass is 10.2. The van der Waals surface area contributed by atoms with E-state index >= 15 is 0 Å². The molecule has 1 heterocycles.